The molecule has 1 aromatic rings. The molecule has 0 amide bonds. The molecule has 7 heteroatoms. The van der Waals surface area contributed by atoms with E-state index in [1.165, 1.54) is 6.07 Å². The molecule has 3 rings (SSSR count). The van der Waals surface area contributed by atoms with E-state index in [2.05, 4.69) is 9.26 Å². The monoisotopic (exact) mass is 344 g/mol. The van der Waals surface area contributed by atoms with Gasteiger partial charge in [-0.2, -0.15) is 0 Å². The number of morpholine rings is 1. The van der Waals surface area contributed by atoms with Gasteiger partial charge in [-0.1, -0.05) is 12.1 Å². The third kappa shape index (κ3) is 3.56. The van der Waals surface area contributed by atoms with E-state index in [0.29, 0.717) is 56.2 Å². The molecule has 0 aliphatic carbocycles. The molecule has 0 unspecified atom stereocenters. The second-order valence-corrected chi connectivity index (χ2v) is 9.05. The largest absolute Gasteiger partial charge is 0.372 e. The van der Waals surface area contributed by atoms with Crippen molar-refractivity contribution in [1.82, 2.24) is 4.90 Å². The molecule has 23 heavy (non-hydrogen) atoms. The van der Waals surface area contributed by atoms with E-state index in [-0.39, 0.29) is 5.60 Å². The number of hydrogen-bond donors (Lipinski definition) is 0. The molecular formula is C16H22F2N2O2S. The Hall–Kier alpha value is -1.05. The zero-order valence-corrected chi connectivity index (χ0v) is 14.1. The van der Waals surface area contributed by atoms with Gasteiger partial charge in [0, 0.05) is 53.5 Å². The minimum Gasteiger partial charge on any atom is -0.372 e. The molecule has 1 spiro atoms. The Morgan fingerprint density at radius 3 is 2.78 bits per heavy atom. The third-order valence-electron chi connectivity index (χ3n) is 4.84. The topological polar surface area (TPSA) is 41.9 Å². The molecule has 2 fully saturated rings. The minimum atomic E-state index is -2.08. The van der Waals surface area contributed by atoms with Gasteiger partial charge in [-0.15, -0.1) is 0 Å². The smallest absolute Gasteiger partial charge is 0.163 e. The summed E-state index contributed by atoms with van der Waals surface area (Å²) in [6, 6.07) is 4.28. The van der Waals surface area contributed by atoms with Crippen molar-refractivity contribution >= 4 is 9.73 Å². The van der Waals surface area contributed by atoms with Crippen molar-refractivity contribution in [2.45, 2.75) is 25.0 Å². The maximum absolute atomic E-state index is 13.9. The molecular weight excluding hydrogens is 322 g/mol. The van der Waals surface area contributed by atoms with Crippen LogP contribution in [-0.2, 0) is 21.0 Å². The first-order chi connectivity index (χ1) is 11.0. The predicted molar refractivity (Wildman–Crippen MR) is 85.8 cm³/mol. The van der Waals surface area contributed by atoms with E-state index in [1.807, 2.05) is 0 Å². The highest BCUT2D eigenvalue weighted by Crippen LogP contribution is 2.32. The first-order valence-electron chi connectivity index (χ1n) is 7.85. The van der Waals surface area contributed by atoms with Crippen molar-refractivity contribution in [3.8, 4) is 0 Å². The number of nitrogens with zero attached hydrogens (tertiary/aromatic N) is 2. The van der Waals surface area contributed by atoms with Crippen molar-refractivity contribution in [3.05, 3.63) is 35.4 Å². The predicted octanol–water partition coefficient (Wildman–Crippen LogP) is 2.43. The maximum atomic E-state index is 13.9. The van der Waals surface area contributed by atoms with Crippen molar-refractivity contribution in [3.63, 3.8) is 0 Å². The molecule has 1 aromatic carbocycles. The van der Waals surface area contributed by atoms with E-state index in [4.69, 9.17) is 4.74 Å². The summed E-state index contributed by atoms with van der Waals surface area (Å²) in [5, 5.41) is 0. The van der Waals surface area contributed by atoms with Crippen LogP contribution in [-0.4, -0.2) is 53.0 Å². The van der Waals surface area contributed by atoms with Crippen LogP contribution in [0, 0.1) is 11.6 Å². The SMILES string of the molecule is CN=S1(=O)CCC2(CC1)CN(Cc1cccc(F)c1F)CCO2. The first-order valence-corrected chi connectivity index (χ1v) is 9.70. The standard InChI is InChI=1S/C16H22F2N2O2S/c1-19-23(21)9-5-16(6-10-23)12-20(7-8-22-16)11-13-3-2-4-14(17)15(13)18/h2-4H,5-12H2,1H3. The van der Waals surface area contributed by atoms with E-state index in [1.54, 1.807) is 13.1 Å². The van der Waals surface area contributed by atoms with Crippen molar-refractivity contribution in [1.29, 1.82) is 0 Å². The van der Waals surface area contributed by atoms with Crippen LogP contribution in [0.15, 0.2) is 22.6 Å². The van der Waals surface area contributed by atoms with Crippen LogP contribution in [0.3, 0.4) is 0 Å². The Kier molecular flexibility index (Phi) is 4.71. The van der Waals surface area contributed by atoms with Gasteiger partial charge in [0.05, 0.1) is 12.2 Å². The Balaban J connectivity index is 1.70. The van der Waals surface area contributed by atoms with Crippen LogP contribution >= 0.6 is 0 Å². The van der Waals surface area contributed by atoms with E-state index < -0.39 is 21.4 Å². The fraction of sp³-hybridized carbons (Fsp3) is 0.625. The Bertz CT molecular complexity index is 687. The summed E-state index contributed by atoms with van der Waals surface area (Å²) in [7, 11) is -0.463. The minimum absolute atomic E-state index is 0.326. The van der Waals surface area contributed by atoms with Gasteiger partial charge in [-0.05, 0) is 18.9 Å². The lowest BCUT2D eigenvalue weighted by Crippen LogP contribution is -2.54. The van der Waals surface area contributed by atoms with Gasteiger partial charge in [0.1, 0.15) is 0 Å². The van der Waals surface area contributed by atoms with Crippen LogP contribution in [0.25, 0.3) is 0 Å². The van der Waals surface area contributed by atoms with Gasteiger partial charge in [0.25, 0.3) is 0 Å². The van der Waals surface area contributed by atoms with Crippen molar-refractivity contribution in [2.75, 3.05) is 38.2 Å². The third-order valence-corrected chi connectivity index (χ3v) is 7.19. The van der Waals surface area contributed by atoms with E-state index >= 15 is 0 Å². The molecule has 0 aromatic heterocycles. The van der Waals surface area contributed by atoms with Gasteiger partial charge in [0.15, 0.2) is 11.6 Å². The number of benzene rings is 1. The maximum Gasteiger partial charge on any atom is 0.163 e. The van der Waals surface area contributed by atoms with Crippen molar-refractivity contribution in [2.24, 2.45) is 4.36 Å². The lowest BCUT2D eigenvalue weighted by atomic mass is 9.94. The van der Waals surface area contributed by atoms with Gasteiger partial charge >= 0.3 is 0 Å². The summed E-state index contributed by atoms with van der Waals surface area (Å²) >= 11 is 0. The quantitative estimate of drug-likeness (QED) is 0.827. The van der Waals surface area contributed by atoms with Crippen LogP contribution in [0.4, 0.5) is 8.78 Å². The summed E-state index contributed by atoms with van der Waals surface area (Å²) < 4.78 is 49.5. The van der Waals surface area contributed by atoms with Crippen LogP contribution in [0.2, 0.25) is 0 Å². The van der Waals surface area contributed by atoms with Gasteiger partial charge in [0.2, 0.25) is 0 Å². The summed E-state index contributed by atoms with van der Waals surface area (Å²) in [6.07, 6.45) is 1.40. The van der Waals surface area contributed by atoms with Crippen LogP contribution < -0.4 is 0 Å². The molecule has 128 valence electrons. The first kappa shape index (κ1) is 16.8. The fourth-order valence-corrected chi connectivity index (χ4v) is 5.32. The van der Waals surface area contributed by atoms with Gasteiger partial charge in [-0.25, -0.2) is 17.4 Å². The highest BCUT2D eigenvalue weighted by Gasteiger charge is 2.41. The van der Waals surface area contributed by atoms with Gasteiger partial charge in [-0.3, -0.25) is 4.90 Å². The lowest BCUT2D eigenvalue weighted by molar-refractivity contribution is -0.116. The molecule has 0 atom stereocenters. The number of rotatable bonds is 2. The molecule has 0 radical (unpaired) electrons. The highest BCUT2D eigenvalue weighted by molar-refractivity contribution is 7.93. The zero-order valence-electron chi connectivity index (χ0n) is 13.3. The Morgan fingerprint density at radius 2 is 2.09 bits per heavy atom. The highest BCUT2D eigenvalue weighted by atomic mass is 32.2. The summed E-state index contributed by atoms with van der Waals surface area (Å²) in [5.74, 6) is -0.492. The molecule has 0 bridgehead atoms. The van der Waals surface area contributed by atoms with Crippen LogP contribution in [0.1, 0.15) is 18.4 Å². The summed E-state index contributed by atoms with van der Waals surface area (Å²) in [6.45, 7) is 2.26. The summed E-state index contributed by atoms with van der Waals surface area (Å²) in [4.78, 5) is 2.09. The molecule has 2 aliphatic rings. The van der Waals surface area contributed by atoms with E-state index in [9.17, 15) is 13.0 Å². The average molecular weight is 344 g/mol. The summed E-state index contributed by atoms with van der Waals surface area (Å²) in [5.41, 5.74) is 0.0402. The molecule has 2 aliphatic heterocycles. The average Bonchev–Trinajstić information content (AvgIpc) is 2.56. The normalized spacial score (nSPS) is 32.1. The molecule has 2 heterocycles. The molecule has 0 N–H and O–H groups in total. The lowest BCUT2D eigenvalue weighted by Gasteiger charge is -2.45. The van der Waals surface area contributed by atoms with Crippen molar-refractivity contribution < 1.29 is 17.7 Å². The molecule has 2 saturated heterocycles. The Morgan fingerprint density at radius 1 is 1.35 bits per heavy atom. The number of halogens is 2. The number of ether oxygens (including phenoxy) is 1. The van der Waals surface area contributed by atoms with E-state index in [0.717, 1.165) is 6.07 Å². The van der Waals surface area contributed by atoms with Crippen LogP contribution in [0.5, 0.6) is 0 Å². The fourth-order valence-electron chi connectivity index (χ4n) is 3.37. The molecule has 4 nitrogen and oxygen atoms in total. The van der Waals surface area contributed by atoms with Gasteiger partial charge < -0.3 is 4.74 Å². The number of hydrogen-bond acceptors (Lipinski definition) is 4. The Labute approximate surface area is 136 Å². The zero-order chi connectivity index (χ0) is 16.5. The second kappa shape index (κ2) is 6.45. The second-order valence-electron chi connectivity index (χ2n) is 6.32. The molecule has 0 saturated carbocycles.